The summed E-state index contributed by atoms with van der Waals surface area (Å²) in [6, 6.07) is 12.8. The topological polar surface area (TPSA) is 75.4 Å². The fourth-order valence-corrected chi connectivity index (χ4v) is 4.54. The summed E-state index contributed by atoms with van der Waals surface area (Å²) in [6.07, 6.45) is -0.589. The molecule has 0 saturated carbocycles. The fourth-order valence-electron chi connectivity index (χ4n) is 4.20. The zero-order chi connectivity index (χ0) is 28.6. The third-order valence-corrected chi connectivity index (χ3v) is 7.05. The van der Waals surface area contributed by atoms with Crippen LogP contribution in [0.3, 0.4) is 0 Å². The van der Waals surface area contributed by atoms with Crippen LogP contribution in [0.25, 0.3) is 16.9 Å². The highest BCUT2D eigenvalue weighted by atomic mass is 35.5. The quantitative estimate of drug-likeness (QED) is 0.240. The number of rotatable bonds is 7. The molecular formula is C28H22Cl2F3N3O3. The molecule has 0 fully saturated rings. The molecule has 1 amide bonds. The number of carboxylic acids is 1. The van der Waals surface area contributed by atoms with Crippen molar-refractivity contribution in [3.63, 3.8) is 0 Å². The molecule has 39 heavy (non-hydrogen) atoms. The molecule has 4 aromatic rings. The molecule has 6 nitrogen and oxygen atoms in total. The Morgan fingerprint density at radius 1 is 1.05 bits per heavy atom. The lowest BCUT2D eigenvalue weighted by atomic mass is 10.0. The van der Waals surface area contributed by atoms with Crippen molar-refractivity contribution in [2.24, 2.45) is 0 Å². The van der Waals surface area contributed by atoms with E-state index in [4.69, 9.17) is 23.2 Å². The Bertz CT molecular complexity index is 1590. The third-order valence-electron chi connectivity index (χ3n) is 6.48. The highest BCUT2D eigenvalue weighted by Gasteiger charge is 2.32. The highest BCUT2D eigenvalue weighted by Crippen LogP contribution is 2.35. The average molecular weight is 576 g/mol. The molecule has 0 spiro atoms. The third kappa shape index (κ3) is 5.37. The van der Waals surface area contributed by atoms with Gasteiger partial charge in [0.2, 0.25) is 0 Å². The largest absolute Gasteiger partial charge is 0.481 e. The molecule has 0 aliphatic heterocycles. The van der Waals surface area contributed by atoms with E-state index in [1.165, 1.54) is 18.7 Å². The Balaban J connectivity index is 1.92. The first kappa shape index (κ1) is 28.2. The molecular weight excluding hydrogens is 554 g/mol. The summed E-state index contributed by atoms with van der Waals surface area (Å²) in [5.74, 6) is -5.62. The molecule has 0 aliphatic rings. The van der Waals surface area contributed by atoms with Crippen LogP contribution in [0.5, 0.6) is 0 Å². The van der Waals surface area contributed by atoms with Crippen LogP contribution in [-0.4, -0.2) is 38.7 Å². The summed E-state index contributed by atoms with van der Waals surface area (Å²) < 4.78 is 44.7. The summed E-state index contributed by atoms with van der Waals surface area (Å²) in [4.78, 5) is 26.7. The number of amides is 1. The van der Waals surface area contributed by atoms with Gasteiger partial charge in [0.15, 0.2) is 17.3 Å². The van der Waals surface area contributed by atoms with Crippen molar-refractivity contribution in [1.29, 1.82) is 0 Å². The summed E-state index contributed by atoms with van der Waals surface area (Å²) in [5, 5.41) is 14.9. The van der Waals surface area contributed by atoms with Gasteiger partial charge in [-0.25, -0.2) is 17.9 Å². The van der Waals surface area contributed by atoms with Crippen LogP contribution < -0.4 is 0 Å². The minimum Gasteiger partial charge on any atom is -0.481 e. The smallest absolute Gasteiger partial charge is 0.307 e. The SMILES string of the molecule is Cc1c(F)cc([C@@H](C)N(C)C(=O)c2nn(-c3ccccc3Cl)c(-c3ccc(Cl)cc3)c2CC(=O)O)c(F)c1F. The maximum atomic E-state index is 14.8. The Morgan fingerprint density at radius 3 is 2.31 bits per heavy atom. The number of halogens is 5. The van der Waals surface area contributed by atoms with Gasteiger partial charge in [0.1, 0.15) is 5.82 Å². The maximum Gasteiger partial charge on any atom is 0.307 e. The number of hydrogen-bond donors (Lipinski definition) is 1. The number of carbonyl (C=O) groups excluding carboxylic acids is 1. The zero-order valence-corrected chi connectivity index (χ0v) is 22.5. The predicted octanol–water partition coefficient (Wildman–Crippen LogP) is 7.03. The number of hydrogen-bond acceptors (Lipinski definition) is 3. The molecule has 0 unspecified atom stereocenters. The van der Waals surface area contributed by atoms with Crippen molar-refractivity contribution in [2.45, 2.75) is 26.3 Å². The number of para-hydroxylation sites is 1. The number of benzene rings is 3. The Kier molecular flexibility index (Phi) is 8.04. The molecule has 1 atom stereocenters. The number of carboxylic acid groups (broad SMARTS) is 1. The second-order valence-corrected chi connectivity index (χ2v) is 9.75. The summed E-state index contributed by atoms with van der Waals surface area (Å²) in [6.45, 7) is 2.50. The second-order valence-electron chi connectivity index (χ2n) is 8.91. The summed E-state index contributed by atoms with van der Waals surface area (Å²) in [5.41, 5.74) is 0.124. The van der Waals surface area contributed by atoms with Crippen LogP contribution in [0, 0.1) is 24.4 Å². The first-order chi connectivity index (χ1) is 18.4. The lowest BCUT2D eigenvalue weighted by Gasteiger charge is -2.26. The average Bonchev–Trinajstić information content (AvgIpc) is 3.27. The fraction of sp³-hybridized carbons (Fsp3) is 0.179. The molecule has 3 aromatic carbocycles. The van der Waals surface area contributed by atoms with E-state index in [9.17, 15) is 27.9 Å². The summed E-state index contributed by atoms with van der Waals surface area (Å²) in [7, 11) is 1.31. The van der Waals surface area contributed by atoms with Gasteiger partial charge in [-0.05, 0) is 44.2 Å². The van der Waals surface area contributed by atoms with Crippen molar-refractivity contribution in [3.05, 3.63) is 104 Å². The number of carbonyl (C=O) groups is 2. The molecule has 1 aromatic heterocycles. The van der Waals surface area contributed by atoms with Gasteiger partial charge in [-0.15, -0.1) is 0 Å². The van der Waals surface area contributed by atoms with E-state index in [0.29, 0.717) is 16.3 Å². The van der Waals surface area contributed by atoms with E-state index in [-0.39, 0.29) is 27.5 Å². The molecule has 4 rings (SSSR count). The van der Waals surface area contributed by atoms with Gasteiger partial charge in [-0.1, -0.05) is 47.5 Å². The Labute approximate surface area is 232 Å². The summed E-state index contributed by atoms with van der Waals surface area (Å²) >= 11 is 12.5. The van der Waals surface area contributed by atoms with Crippen LogP contribution >= 0.6 is 23.2 Å². The predicted molar refractivity (Wildman–Crippen MR) is 142 cm³/mol. The van der Waals surface area contributed by atoms with Crippen molar-refractivity contribution in [3.8, 4) is 16.9 Å². The van der Waals surface area contributed by atoms with Gasteiger partial charge in [0.05, 0.1) is 28.9 Å². The van der Waals surface area contributed by atoms with Gasteiger partial charge in [0.25, 0.3) is 5.91 Å². The molecule has 0 aliphatic carbocycles. The molecule has 1 heterocycles. The molecule has 1 N–H and O–H groups in total. The van der Waals surface area contributed by atoms with Crippen LogP contribution in [0.4, 0.5) is 13.2 Å². The van der Waals surface area contributed by atoms with Gasteiger partial charge in [0, 0.05) is 34.3 Å². The standard InChI is InChI=1S/C28H22Cl2F3N3O3/c1-14-21(31)12-18(25(33)24(14)32)15(2)35(3)28(39)26-19(13-23(37)38)27(16-8-10-17(29)11-9-16)36(34-26)22-7-5-4-6-20(22)30/h4-12,15H,13H2,1-3H3,(H,37,38)/t15-/m1/s1. The molecule has 0 bridgehead atoms. The number of nitrogens with zero attached hydrogens (tertiary/aromatic N) is 3. The van der Waals surface area contributed by atoms with Crippen LogP contribution in [-0.2, 0) is 11.2 Å². The van der Waals surface area contributed by atoms with E-state index in [1.54, 1.807) is 48.5 Å². The van der Waals surface area contributed by atoms with Gasteiger partial charge < -0.3 is 10.0 Å². The van der Waals surface area contributed by atoms with Gasteiger partial charge in [-0.2, -0.15) is 5.10 Å². The Morgan fingerprint density at radius 2 is 1.69 bits per heavy atom. The van der Waals surface area contributed by atoms with E-state index in [1.807, 2.05) is 0 Å². The first-order valence-electron chi connectivity index (χ1n) is 11.7. The van der Waals surface area contributed by atoms with Crippen LogP contribution in [0.1, 0.15) is 40.1 Å². The second kappa shape index (κ2) is 11.1. The molecule has 0 saturated heterocycles. The van der Waals surface area contributed by atoms with E-state index in [0.717, 1.165) is 17.9 Å². The molecule has 202 valence electrons. The number of aliphatic carboxylic acids is 1. The van der Waals surface area contributed by atoms with E-state index < -0.39 is 47.4 Å². The minimum atomic E-state index is -1.35. The van der Waals surface area contributed by atoms with Crippen molar-refractivity contribution < 1.29 is 27.9 Å². The van der Waals surface area contributed by atoms with Crippen LogP contribution in [0.2, 0.25) is 10.0 Å². The first-order valence-corrected chi connectivity index (χ1v) is 12.4. The minimum absolute atomic E-state index is 0.0653. The van der Waals surface area contributed by atoms with E-state index >= 15 is 0 Å². The lowest BCUT2D eigenvalue weighted by molar-refractivity contribution is -0.136. The van der Waals surface area contributed by atoms with Crippen molar-refractivity contribution in [2.75, 3.05) is 7.05 Å². The number of aromatic nitrogens is 2. The monoisotopic (exact) mass is 575 g/mol. The maximum absolute atomic E-state index is 14.8. The van der Waals surface area contributed by atoms with Crippen molar-refractivity contribution in [1.82, 2.24) is 14.7 Å². The lowest BCUT2D eigenvalue weighted by Crippen LogP contribution is -2.31. The zero-order valence-electron chi connectivity index (χ0n) is 21.0. The normalized spacial score (nSPS) is 11.9. The van der Waals surface area contributed by atoms with Gasteiger partial charge >= 0.3 is 5.97 Å². The van der Waals surface area contributed by atoms with Gasteiger partial charge in [-0.3, -0.25) is 9.59 Å². The van der Waals surface area contributed by atoms with E-state index in [2.05, 4.69) is 5.10 Å². The highest BCUT2D eigenvalue weighted by molar-refractivity contribution is 6.32. The Hall–Kier alpha value is -3.82. The van der Waals surface area contributed by atoms with Crippen LogP contribution in [0.15, 0.2) is 54.6 Å². The van der Waals surface area contributed by atoms with Crippen molar-refractivity contribution >= 4 is 35.1 Å². The molecule has 0 radical (unpaired) electrons. The molecule has 11 heteroatoms.